The van der Waals surface area contributed by atoms with Crippen LogP contribution in [0.25, 0.3) is 45.1 Å². The molecule has 52 heavy (non-hydrogen) atoms. The van der Waals surface area contributed by atoms with Crippen molar-refractivity contribution in [2.45, 2.75) is 53.4 Å². The summed E-state index contributed by atoms with van der Waals surface area (Å²) in [5.74, 6) is 1.42. The van der Waals surface area contributed by atoms with Crippen molar-refractivity contribution in [2.75, 3.05) is 0 Å². The third kappa shape index (κ3) is 4.73. The van der Waals surface area contributed by atoms with Crippen molar-refractivity contribution in [1.29, 1.82) is 0 Å². The number of hydrogen-bond acceptors (Lipinski definition) is 1. The van der Waals surface area contributed by atoms with Crippen LogP contribution < -0.4 is 0 Å². The zero-order valence-corrected chi connectivity index (χ0v) is 30.7. The van der Waals surface area contributed by atoms with Gasteiger partial charge in [-0.3, -0.25) is 4.98 Å². The lowest BCUT2D eigenvalue weighted by Crippen LogP contribution is -2.49. The van der Waals surface area contributed by atoms with E-state index in [1.165, 1.54) is 79.7 Å². The lowest BCUT2D eigenvalue weighted by Gasteiger charge is -2.58. The van der Waals surface area contributed by atoms with Crippen LogP contribution in [-0.4, -0.2) is 9.55 Å². The number of pyridine rings is 1. The molecule has 0 N–H and O–H groups in total. The predicted octanol–water partition coefficient (Wildman–Crippen LogP) is 12.6. The van der Waals surface area contributed by atoms with E-state index in [0.717, 1.165) is 24.1 Å². The first-order chi connectivity index (χ1) is 25.3. The van der Waals surface area contributed by atoms with Gasteiger partial charge in [-0.15, -0.1) is 0 Å². The van der Waals surface area contributed by atoms with Gasteiger partial charge in [0.1, 0.15) is 0 Å². The average molecular weight is 675 g/mol. The molecule has 0 saturated heterocycles. The Morgan fingerprint density at radius 3 is 2.44 bits per heavy atom. The molecule has 1 saturated carbocycles. The Labute approximate surface area is 308 Å². The summed E-state index contributed by atoms with van der Waals surface area (Å²) in [6.07, 6.45) is 23.8. The highest BCUT2D eigenvalue weighted by Gasteiger charge is 2.56. The van der Waals surface area contributed by atoms with Crippen LogP contribution in [0.4, 0.5) is 0 Å². The minimum atomic E-state index is -0.0252. The van der Waals surface area contributed by atoms with Gasteiger partial charge in [0.05, 0.1) is 11.2 Å². The fraction of sp³-hybridized carbons (Fsp3) is 0.260. The molecular formula is C50H46N2. The summed E-state index contributed by atoms with van der Waals surface area (Å²) in [5, 5.41) is 1.35. The number of rotatable bonds is 4. The van der Waals surface area contributed by atoms with Crippen molar-refractivity contribution in [3.05, 3.63) is 173 Å². The van der Waals surface area contributed by atoms with Gasteiger partial charge < -0.3 is 4.57 Å². The Hall–Kier alpha value is -5.21. The van der Waals surface area contributed by atoms with Crippen LogP contribution in [0, 0.1) is 28.6 Å². The Morgan fingerprint density at radius 2 is 1.62 bits per heavy atom. The van der Waals surface area contributed by atoms with Gasteiger partial charge in [0, 0.05) is 45.4 Å². The number of nitrogens with zero attached hydrogens (tertiary/aromatic N) is 2. The molecule has 4 atom stereocenters. The van der Waals surface area contributed by atoms with E-state index in [1.807, 2.05) is 12.3 Å². The largest absolute Gasteiger partial charge is 0.313 e. The first-order valence-corrected chi connectivity index (χ1v) is 19.3. The number of benzene rings is 3. The van der Waals surface area contributed by atoms with Crippen molar-refractivity contribution in [3.63, 3.8) is 0 Å². The lowest BCUT2D eigenvalue weighted by molar-refractivity contribution is 0.102. The van der Waals surface area contributed by atoms with Crippen LogP contribution in [0.15, 0.2) is 150 Å². The summed E-state index contributed by atoms with van der Waals surface area (Å²) in [7, 11) is 0. The molecule has 0 radical (unpaired) electrons. The quantitative estimate of drug-likeness (QED) is 0.186. The second-order valence-corrected chi connectivity index (χ2v) is 16.8. The Bertz CT molecular complexity index is 2450. The summed E-state index contributed by atoms with van der Waals surface area (Å²) in [5.41, 5.74) is 17.6. The second-order valence-electron chi connectivity index (χ2n) is 16.8. The zero-order valence-electron chi connectivity index (χ0n) is 30.7. The molecule has 5 aromatic rings. The molecule has 4 unspecified atom stereocenters. The molecule has 1 fully saturated rings. The normalized spacial score (nSPS) is 24.6. The Morgan fingerprint density at radius 1 is 0.788 bits per heavy atom. The monoisotopic (exact) mass is 674 g/mol. The van der Waals surface area contributed by atoms with Gasteiger partial charge in [0.15, 0.2) is 0 Å². The standard InChI is InChI=1S/C50H46N2/c1-49(2,3)37-28-35-23-25-43-41(32-19-21-33(22-20-32)45-16-9-10-27-51-45)31-42(44-26-24-36(29-37)48(35)50(43,44)4)34-12-11-13-38(30-34)52-46-17-7-5-14-39(46)40-15-6-8-18-47(40)52/h5-7,9-17,19-23,25,27-31,36,44,48H,8,18,24,26H2,1-4H3. The number of aromatic nitrogens is 2. The summed E-state index contributed by atoms with van der Waals surface area (Å²) in [6, 6.07) is 33.7. The first-order valence-electron chi connectivity index (χ1n) is 19.3. The van der Waals surface area contributed by atoms with Gasteiger partial charge in [0.2, 0.25) is 0 Å². The molecule has 5 aliphatic rings. The highest BCUT2D eigenvalue weighted by Crippen LogP contribution is 2.66. The van der Waals surface area contributed by atoms with E-state index in [4.69, 9.17) is 0 Å². The van der Waals surface area contributed by atoms with Crippen LogP contribution in [0.3, 0.4) is 0 Å². The first kappa shape index (κ1) is 31.5. The third-order valence-corrected chi connectivity index (χ3v) is 13.0. The van der Waals surface area contributed by atoms with Crippen molar-refractivity contribution in [1.82, 2.24) is 9.55 Å². The molecular weight excluding hydrogens is 629 g/mol. The van der Waals surface area contributed by atoms with Crippen LogP contribution >= 0.6 is 0 Å². The highest BCUT2D eigenvalue weighted by atomic mass is 15.0. The highest BCUT2D eigenvalue weighted by molar-refractivity contribution is 5.95. The molecule has 5 aliphatic carbocycles. The minimum Gasteiger partial charge on any atom is -0.313 e. The van der Waals surface area contributed by atoms with Crippen LogP contribution in [0.2, 0.25) is 0 Å². The van der Waals surface area contributed by atoms with Gasteiger partial charge >= 0.3 is 0 Å². The van der Waals surface area contributed by atoms with Crippen molar-refractivity contribution in [3.8, 4) is 16.9 Å². The van der Waals surface area contributed by atoms with Gasteiger partial charge in [-0.1, -0.05) is 125 Å². The molecule has 2 nitrogen and oxygen atoms in total. The maximum absolute atomic E-state index is 4.64. The molecule has 0 spiro atoms. The number of para-hydroxylation sites is 1. The van der Waals surface area contributed by atoms with Crippen molar-refractivity contribution < 1.29 is 0 Å². The van der Waals surface area contributed by atoms with Gasteiger partial charge in [-0.25, -0.2) is 0 Å². The fourth-order valence-electron chi connectivity index (χ4n) is 10.5. The fourth-order valence-corrected chi connectivity index (χ4v) is 10.5. The van der Waals surface area contributed by atoms with Crippen LogP contribution in [-0.2, 0) is 6.42 Å². The number of hydrogen-bond donors (Lipinski definition) is 0. The molecule has 0 amide bonds. The SMILES string of the molecule is CC(C)(C)C1=CC2CCC3C(c4cccc(-n5c6c(c7ccccc75)C=CCC6)c4)=CC(c4ccc(-c5ccccn5)cc4)=C4C=CC(=C1)C2C43C. The molecule has 2 heteroatoms. The van der Waals surface area contributed by atoms with Gasteiger partial charge in [-0.2, -0.15) is 0 Å². The zero-order chi connectivity index (χ0) is 35.2. The lowest BCUT2D eigenvalue weighted by atomic mass is 9.45. The number of allylic oxidation sites excluding steroid dienone is 11. The van der Waals surface area contributed by atoms with E-state index in [0.29, 0.717) is 17.8 Å². The molecule has 2 heterocycles. The number of fused-ring (bicyclic) bond motifs is 3. The maximum atomic E-state index is 4.64. The topological polar surface area (TPSA) is 17.8 Å². The summed E-state index contributed by atoms with van der Waals surface area (Å²) < 4.78 is 2.54. The molecule has 0 aliphatic heterocycles. The van der Waals surface area contributed by atoms with Gasteiger partial charge in [0.25, 0.3) is 0 Å². The Balaban J connectivity index is 1.16. The molecule has 3 aromatic carbocycles. The van der Waals surface area contributed by atoms with E-state index < -0.39 is 0 Å². The molecule has 0 bridgehead atoms. The Kier molecular flexibility index (Phi) is 7.06. The third-order valence-electron chi connectivity index (χ3n) is 13.0. The second kappa shape index (κ2) is 11.7. The minimum absolute atomic E-state index is 0.0252. The van der Waals surface area contributed by atoms with Crippen LogP contribution in [0.1, 0.15) is 69.3 Å². The van der Waals surface area contributed by atoms with Crippen molar-refractivity contribution >= 4 is 28.1 Å². The van der Waals surface area contributed by atoms with E-state index in [1.54, 1.807) is 0 Å². The summed E-state index contributed by atoms with van der Waals surface area (Å²) >= 11 is 0. The van der Waals surface area contributed by atoms with Crippen LogP contribution in [0.5, 0.6) is 0 Å². The summed E-state index contributed by atoms with van der Waals surface area (Å²) in [4.78, 5) is 4.64. The van der Waals surface area contributed by atoms with E-state index >= 15 is 0 Å². The maximum Gasteiger partial charge on any atom is 0.0701 e. The molecule has 2 aromatic heterocycles. The van der Waals surface area contributed by atoms with Crippen molar-refractivity contribution in [2.24, 2.45) is 28.6 Å². The summed E-state index contributed by atoms with van der Waals surface area (Å²) in [6.45, 7) is 9.70. The average Bonchev–Trinajstić information content (AvgIpc) is 3.51. The van der Waals surface area contributed by atoms with E-state index in [9.17, 15) is 0 Å². The predicted molar refractivity (Wildman–Crippen MR) is 218 cm³/mol. The van der Waals surface area contributed by atoms with E-state index in [2.05, 4.69) is 165 Å². The van der Waals surface area contributed by atoms with Gasteiger partial charge in [-0.05, 0) is 118 Å². The molecule has 10 rings (SSSR count). The smallest absolute Gasteiger partial charge is 0.0701 e. The molecule has 256 valence electrons. The van der Waals surface area contributed by atoms with E-state index in [-0.39, 0.29) is 10.8 Å².